The summed E-state index contributed by atoms with van der Waals surface area (Å²) < 4.78 is 2.67. The molecule has 1 nitrogen and oxygen atoms in total. The van der Waals surface area contributed by atoms with Crippen LogP contribution in [0.3, 0.4) is 0 Å². The van der Waals surface area contributed by atoms with Crippen molar-refractivity contribution >= 4 is 63.8 Å². The predicted molar refractivity (Wildman–Crippen MR) is 228 cm³/mol. The number of rotatable bonds is 2. The lowest BCUT2D eigenvalue weighted by atomic mass is 9.70. The van der Waals surface area contributed by atoms with E-state index >= 15 is 0 Å². The van der Waals surface area contributed by atoms with Crippen molar-refractivity contribution in [1.29, 1.82) is 0 Å². The first-order chi connectivity index (χ1) is 26.8. The standard InChI is InChI=1S/C52H29NS/c1-2-9-30(10-3-1)34-21-16-31-19-24-39-35(22-17-32-18-23-38(34)49(31)50(32)39)33-20-25-40-45(27-33)52(44-14-8-26-53-51(40)44)43-13-6-4-11-36(43)41-29-48-42(28-46(41)52)37-12-5-7-15-47(37)54-48/h1-29H. The first-order valence-electron chi connectivity index (χ1n) is 18.7. The fraction of sp³-hybridized carbons (Fsp3) is 0.0192. The third kappa shape index (κ3) is 3.52. The second kappa shape index (κ2) is 10.3. The molecule has 2 aliphatic carbocycles. The van der Waals surface area contributed by atoms with Crippen molar-refractivity contribution in [3.63, 3.8) is 0 Å². The van der Waals surface area contributed by atoms with Gasteiger partial charge in [-0.05, 0) is 118 Å². The predicted octanol–water partition coefficient (Wildman–Crippen LogP) is 14.0. The maximum absolute atomic E-state index is 5.11. The number of hydrogen-bond donors (Lipinski definition) is 0. The number of fused-ring (bicyclic) bond motifs is 13. The van der Waals surface area contributed by atoms with Crippen LogP contribution in [-0.2, 0) is 5.41 Å². The van der Waals surface area contributed by atoms with Gasteiger partial charge < -0.3 is 0 Å². The van der Waals surface area contributed by atoms with E-state index in [0.29, 0.717) is 0 Å². The minimum absolute atomic E-state index is 0.480. The maximum atomic E-state index is 5.11. The summed E-state index contributed by atoms with van der Waals surface area (Å²) in [5.41, 5.74) is 14.8. The Bertz CT molecular complexity index is 3390. The van der Waals surface area contributed by atoms with Gasteiger partial charge in [0.15, 0.2) is 0 Å². The number of thiophene rings is 1. The van der Waals surface area contributed by atoms with E-state index in [-0.39, 0.29) is 0 Å². The molecule has 2 aliphatic rings. The largest absolute Gasteiger partial charge is 0.256 e. The molecule has 1 unspecified atom stereocenters. The van der Waals surface area contributed by atoms with Crippen LogP contribution >= 0.6 is 11.3 Å². The smallest absolute Gasteiger partial charge is 0.0753 e. The monoisotopic (exact) mass is 699 g/mol. The number of nitrogens with zero attached hydrogens (tertiary/aromatic N) is 1. The van der Waals surface area contributed by atoms with Gasteiger partial charge in [-0.1, -0.05) is 140 Å². The second-order valence-electron chi connectivity index (χ2n) is 15.0. The third-order valence-electron chi connectivity index (χ3n) is 12.5. The summed E-state index contributed by atoms with van der Waals surface area (Å²) in [4.78, 5) is 5.11. The van der Waals surface area contributed by atoms with Crippen LogP contribution in [0.1, 0.15) is 22.3 Å². The molecule has 13 rings (SSSR count). The first-order valence-corrected chi connectivity index (χ1v) is 19.5. The van der Waals surface area contributed by atoms with Crippen LogP contribution in [0.4, 0.5) is 0 Å². The highest BCUT2D eigenvalue weighted by Crippen LogP contribution is 2.63. The van der Waals surface area contributed by atoms with Crippen molar-refractivity contribution in [3.05, 3.63) is 198 Å². The lowest BCUT2D eigenvalue weighted by molar-refractivity contribution is 0.793. The number of pyridine rings is 1. The molecule has 2 heteroatoms. The minimum atomic E-state index is -0.480. The molecule has 1 spiro atoms. The molecule has 0 fully saturated rings. The van der Waals surface area contributed by atoms with Gasteiger partial charge >= 0.3 is 0 Å². The summed E-state index contributed by atoms with van der Waals surface area (Å²) in [6.07, 6.45) is 1.96. The lowest BCUT2D eigenvalue weighted by Gasteiger charge is -2.30. The zero-order valence-electron chi connectivity index (χ0n) is 29.1. The third-order valence-corrected chi connectivity index (χ3v) is 13.6. The van der Waals surface area contributed by atoms with E-state index in [9.17, 15) is 0 Å². The number of aromatic nitrogens is 1. The van der Waals surface area contributed by atoms with E-state index in [2.05, 4.69) is 170 Å². The molecule has 0 radical (unpaired) electrons. The van der Waals surface area contributed by atoms with Crippen LogP contribution in [0.5, 0.6) is 0 Å². The Kier molecular flexibility index (Phi) is 5.51. The Morgan fingerprint density at radius 2 is 1.04 bits per heavy atom. The summed E-state index contributed by atoms with van der Waals surface area (Å²) in [5.74, 6) is 0. The van der Waals surface area contributed by atoms with E-state index in [4.69, 9.17) is 4.98 Å². The molecular formula is C52H29NS. The molecular weight excluding hydrogens is 671 g/mol. The molecule has 0 N–H and O–H groups in total. The molecule has 9 aromatic carbocycles. The molecule has 54 heavy (non-hydrogen) atoms. The number of hydrogen-bond acceptors (Lipinski definition) is 2. The molecule has 0 saturated heterocycles. The highest BCUT2D eigenvalue weighted by Gasteiger charge is 2.52. The summed E-state index contributed by atoms with van der Waals surface area (Å²) in [5, 5.41) is 10.5. The van der Waals surface area contributed by atoms with Crippen molar-refractivity contribution in [3.8, 4) is 44.6 Å². The Morgan fingerprint density at radius 3 is 1.87 bits per heavy atom. The van der Waals surface area contributed by atoms with Gasteiger partial charge in [0.05, 0.1) is 11.1 Å². The lowest BCUT2D eigenvalue weighted by Crippen LogP contribution is -2.26. The maximum Gasteiger partial charge on any atom is 0.0753 e. The molecule has 1 atom stereocenters. The van der Waals surface area contributed by atoms with Gasteiger partial charge in [0.1, 0.15) is 0 Å². The zero-order chi connectivity index (χ0) is 35.1. The fourth-order valence-electron chi connectivity index (χ4n) is 10.3. The van der Waals surface area contributed by atoms with Gasteiger partial charge in [-0.15, -0.1) is 11.3 Å². The highest BCUT2D eigenvalue weighted by atomic mass is 32.1. The van der Waals surface area contributed by atoms with Crippen LogP contribution in [0, 0.1) is 0 Å². The molecule has 11 aromatic rings. The normalized spacial score (nSPS) is 15.5. The van der Waals surface area contributed by atoms with Crippen LogP contribution in [0.25, 0.3) is 97.1 Å². The summed E-state index contributed by atoms with van der Waals surface area (Å²) in [6.45, 7) is 0. The van der Waals surface area contributed by atoms with Gasteiger partial charge in [-0.2, -0.15) is 0 Å². The first kappa shape index (κ1) is 28.9. The fourth-order valence-corrected chi connectivity index (χ4v) is 11.4. The number of benzene rings is 9. The van der Waals surface area contributed by atoms with E-state index < -0.39 is 5.41 Å². The Hall–Kier alpha value is -6.61. The van der Waals surface area contributed by atoms with E-state index in [1.807, 2.05) is 17.5 Å². The molecule has 2 aromatic heterocycles. The second-order valence-corrected chi connectivity index (χ2v) is 16.0. The summed E-state index contributed by atoms with van der Waals surface area (Å²) >= 11 is 1.90. The van der Waals surface area contributed by atoms with Crippen molar-refractivity contribution in [2.45, 2.75) is 5.41 Å². The van der Waals surface area contributed by atoms with E-state index in [1.54, 1.807) is 0 Å². The summed E-state index contributed by atoms with van der Waals surface area (Å²) in [7, 11) is 0. The Balaban J connectivity index is 1.10. The average Bonchev–Trinajstić information content (AvgIpc) is 3.85. The van der Waals surface area contributed by atoms with E-state index in [0.717, 1.165) is 5.69 Å². The van der Waals surface area contributed by atoms with Crippen LogP contribution < -0.4 is 0 Å². The van der Waals surface area contributed by atoms with Crippen LogP contribution in [0.15, 0.2) is 176 Å². The van der Waals surface area contributed by atoms with Gasteiger partial charge in [-0.3, -0.25) is 4.98 Å². The average molecular weight is 700 g/mol. The Labute approximate surface area is 315 Å². The van der Waals surface area contributed by atoms with Gasteiger partial charge in [0.2, 0.25) is 0 Å². The van der Waals surface area contributed by atoms with Gasteiger partial charge in [-0.25, -0.2) is 0 Å². The Morgan fingerprint density at radius 1 is 0.370 bits per heavy atom. The van der Waals surface area contributed by atoms with Gasteiger partial charge in [0, 0.05) is 31.9 Å². The highest BCUT2D eigenvalue weighted by molar-refractivity contribution is 7.25. The van der Waals surface area contributed by atoms with Gasteiger partial charge in [0.25, 0.3) is 0 Å². The molecule has 0 saturated carbocycles. The molecule has 2 heterocycles. The minimum Gasteiger partial charge on any atom is -0.256 e. The summed E-state index contributed by atoms with van der Waals surface area (Å²) in [6, 6.07) is 63.9. The molecule has 0 bridgehead atoms. The van der Waals surface area contributed by atoms with E-state index in [1.165, 1.54) is 114 Å². The zero-order valence-corrected chi connectivity index (χ0v) is 29.9. The van der Waals surface area contributed by atoms with Crippen molar-refractivity contribution < 1.29 is 0 Å². The SMILES string of the molecule is c1ccc(-c2ccc3ccc4c(-c5ccc6c(c5)C5(c7ccccc7-c7cc8sc9ccccc9c8cc75)c5cccnc5-6)ccc5ccc2c3c54)cc1. The topological polar surface area (TPSA) is 12.9 Å². The van der Waals surface area contributed by atoms with Crippen LogP contribution in [0.2, 0.25) is 0 Å². The van der Waals surface area contributed by atoms with Crippen molar-refractivity contribution in [1.82, 2.24) is 4.98 Å². The van der Waals surface area contributed by atoms with Crippen molar-refractivity contribution in [2.75, 3.05) is 0 Å². The molecule has 248 valence electrons. The molecule has 0 amide bonds. The quantitative estimate of drug-likeness (QED) is 0.164. The van der Waals surface area contributed by atoms with Crippen LogP contribution in [-0.4, -0.2) is 4.98 Å². The van der Waals surface area contributed by atoms with Crippen molar-refractivity contribution in [2.24, 2.45) is 0 Å². The molecule has 0 aliphatic heterocycles.